The van der Waals surface area contributed by atoms with Crippen molar-refractivity contribution in [2.45, 2.75) is 0 Å². The van der Waals surface area contributed by atoms with Crippen LogP contribution >= 0.6 is 34.2 Å². The van der Waals surface area contributed by atoms with E-state index < -0.39 is 0 Å². The number of amides is 1. The molecule has 0 atom stereocenters. The first kappa shape index (κ1) is 14.8. The van der Waals surface area contributed by atoms with Crippen molar-refractivity contribution in [3.63, 3.8) is 0 Å². The molecule has 0 aliphatic carbocycles. The maximum absolute atomic E-state index is 11.8. The van der Waals surface area contributed by atoms with Crippen LogP contribution in [-0.4, -0.2) is 17.2 Å². The van der Waals surface area contributed by atoms with Crippen LogP contribution in [0.4, 0.5) is 0 Å². The summed E-state index contributed by atoms with van der Waals surface area (Å²) in [5, 5.41) is 13.6. The second kappa shape index (κ2) is 6.71. The molecule has 0 spiro atoms. The van der Waals surface area contributed by atoms with Crippen LogP contribution in [0, 0.1) is 3.57 Å². The lowest BCUT2D eigenvalue weighted by Gasteiger charge is -2.02. The summed E-state index contributed by atoms with van der Waals surface area (Å²) in [6.45, 7) is 0. The Hall–Kier alpha value is -1.60. The minimum atomic E-state index is -0.375. The molecule has 6 heteroatoms. The van der Waals surface area contributed by atoms with Crippen molar-refractivity contribution in [2.24, 2.45) is 5.10 Å². The van der Waals surface area contributed by atoms with Gasteiger partial charge in [-0.05, 0) is 58.5 Å². The lowest BCUT2D eigenvalue weighted by atomic mass is 10.2. The van der Waals surface area contributed by atoms with Gasteiger partial charge in [0.25, 0.3) is 5.91 Å². The van der Waals surface area contributed by atoms with Crippen LogP contribution in [0.3, 0.4) is 0 Å². The van der Waals surface area contributed by atoms with Crippen LogP contribution in [0.2, 0.25) is 5.02 Å². The second-order valence-electron chi connectivity index (χ2n) is 3.89. The number of hydrogen-bond acceptors (Lipinski definition) is 3. The van der Waals surface area contributed by atoms with Crippen molar-refractivity contribution in [3.8, 4) is 5.75 Å². The molecular weight excluding hydrogens is 391 g/mol. The van der Waals surface area contributed by atoms with Gasteiger partial charge < -0.3 is 5.11 Å². The van der Waals surface area contributed by atoms with Crippen molar-refractivity contribution in [2.75, 3.05) is 0 Å². The van der Waals surface area contributed by atoms with E-state index in [1.807, 2.05) is 22.6 Å². The third-order valence-corrected chi connectivity index (χ3v) is 3.66. The summed E-state index contributed by atoms with van der Waals surface area (Å²) < 4.78 is 0.712. The molecule has 0 heterocycles. The normalized spacial score (nSPS) is 10.7. The van der Waals surface area contributed by atoms with Crippen LogP contribution in [0.15, 0.2) is 47.6 Å². The number of halogens is 2. The topological polar surface area (TPSA) is 61.7 Å². The van der Waals surface area contributed by atoms with Gasteiger partial charge in [0.15, 0.2) is 0 Å². The molecule has 1 amide bonds. The second-order valence-corrected chi connectivity index (χ2v) is 5.46. The van der Waals surface area contributed by atoms with Crippen LogP contribution < -0.4 is 5.43 Å². The number of carbonyl (C=O) groups is 1. The maximum atomic E-state index is 11.8. The molecule has 0 fully saturated rings. The molecule has 4 nitrogen and oxygen atoms in total. The maximum Gasteiger partial charge on any atom is 0.272 e. The van der Waals surface area contributed by atoms with E-state index in [-0.39, 0.29) is 11.7 Å². The van der Waals surface area contributed by atoms with Gasteiger partial charge in [-0.3, -0.25) is 4.79 Å². The number of carbonyl (C=O) groups excluding carboxylic acids is 1. The summed E-state index contributed by atoms with van der Waals surface area (Å²) in [5.74, 6) is -0.164. The fraction of sp³-hybridized carbons (Fsp3) is 0. The fourth-order valence-corrected chi connectivity index (χ4v) is 2.24. The van der Waals surface area contributed by atoms with Crippen molar-refractivity contribution < 1.29 is 9.90 Å². The summed E-state index contributed by atoms with van der Waals surface area (Å²) >= 11 is 7.92. The molecule has 2 aromatic carbocycles. The molecule has 102 valence electrons. The molecule has 0 saturated heterocycles. The first-order chi connectivity index (χ1) is 9.58. The van der Waals surface area contributed by atoms with E-state index in [1.165, 1.54) is 6.21 Å². The molecule has 0 saturated carbocycles. The van der Waals surface area contributed by atoms with Gasteiger partial charge in [-0.2, -0.15) is 5.10 Å². The van der Waals surface area contributed by atoms with Gasteiger partial charge in [-0.25, -0.2) is 5.43 Å². The lowest BCUT2D eigenvalue weighted by Crippen LogP contribution is -2.17. The first-order valence-corrected chi connectivity index (χ1v) is 7.10. The molecule has 2 aromatic rings. The van der Waals surface area contributed by atoms with E-state index in [0.717, 1.165) is 5.56 Å². The van der Waals surface area contributed by atoms with Gasteiger partial charge in [-0.1, -0.05) is 23.7 Å². The van der Waals surface area contributed by atoms with E-state index >= 15 is 0 Å². The van der Waals surface area contributed by atoms with E-state index in [0.29, 0.717) is 14.2 Å². The van der Waals surface area contributed by atoms with Gasteiger partial charge in [0.05, 0.1) is 20.4 Å². The zero-order valence-electron chi connectivity index (χ0n) is 10.2. The Morgan fingerprint density at radius 3 is 2.75 bits per heavy atom. The summed E-state index contributed by atoms with van der Waals surface area (Å²) in [6, 6.07) is 11.8. The fourth-order valence-electron chi connectivity index (χ4n) is 1.47. The molecule has 0 bridgehead atoms. The quantitative estimate of drug-likeness (QED) is 0.471. The van der Waals surface area contributed by atoms with Crippen LogP contribution in [0.25, 0.3) is 0 Å². The standard InChI is InChI=1S/C14H10ClIN2O2/c15-11-4-2-1-3-10(11)14(20)18-17-8-9-5-6-13(19)12(16)7-9/h1-8,19H,(H,18,20). The highest BCUT2D eigenvalue weighted by Crippen LogP contribution is 2.19. The number of hydrazone groups is 1. The van der Waals surface area contributed by atoms with Crippen LogP contribution in [-0.2, 0) is 0 Å². The SMILES string of the molecule is O=C(NN=Cc1ccc(O)c(I)c1)c1ccccc1Cl. The first-order valence-electron chi connectivity index (χ1n) is 5.64. The number of benzene rings is 2. The van der Waals surface area contributed by atoms with E-state index in [4.69, 9.17) is 11.6 Å². The van der Waals surface area contributed by atoms with Gasteiger partial charge in [0, 0.05) is 0 Å². The molecule has 2 N–H and O–H groups in total. The highest BCUT2D eigenvalue weighted by Gasteiger charge is 2.07. The Morgan fingerprint density at radius 2 is 2.05 bits per heavy atom. The minimum absolute atomic E-state index is 0.211. The Balaban J connectivity index is 2.05. The number of aromatic hydroxyl groups is 1. The van der Waals surface area contributed by atoms with Crippen molar-refractivity contribution >= 4 is 46.3 Å². The average molecular weight is 401 g/mol. The van der Waals surface area contributed by atoms with Gasteiger partial charge in [-0.15, -0.1) is 0 Å². The monoisotopic (exact) mass is 400 g/mol. The Morgan fingerprint density at radius 1 is 1.30 bits per heavy atom. The Labute approximate surface area is 134 Å². The molecule has 0 aromatic heterocycles. The number of phenolic OH excluding ortho intramolecular Hbond substituents is 1. The summed E-state index contributed by atoms with van der Waals surface area (Å²) in [4.78, 5) is 11.8. The van der Waals surface area contributed by atoms with E-state index in [9.17, 15) is 9.90 Å². The molecule has 0 aliphatic rings. The van der Waals surface area contributed by atoms with Crippen molar-refractivity contribution in [1.29, 1.82) is 0 Å². The van der Waals surface area contributed by atoms with E-state index in [1.54, 1.807) is 42.5 Å². The summed E-state index contributed by atoms with van der Waals surface area (Å²) in [5.41, 5.74) is 3.54. The number of rotatable bonds is 3. The highest BCUT2D eigenvalue weighted by molar-refractivity contribution is 14.1. The summed E-state index contributed by atoms with van der Waals surface area (Å²) in [6.07, 6.45) is 1.50. The molecule has 0 radical (unpaired) electrons. The number of hydrogen-bond donors (Lipinski definition) is 2. The molecule has 20 heavy (non-hydrogen) atoms. The molecule has 2 rings (SSSR count). The predicted molar refractivity (Wildman–Crippen MR) is 87.3 cm³/mol. The minimum Gasteiger partial charge on any atom is -0.507 e. The number of phenols is 1. The van der Waals surface area contributed by atoms with Gasteiger partial charge in [0.2, 0.25) is 0 Å². The third kappa shape index (κ3) is 3.71. The number of nitrogens with zero attached hydrogens (tertiary/aromatic N) is 1. The van der Waals surface area contributed by atoms with Crippen molar-refractivity contribution in [1.82, 2.24) is 5.43 Å². The Kier molecular flexibility index (Phi) is 4.97. The van der Waals surface area contributed by atoms with E-state index in [2.05, 4.69) is 10.5 Å². The third-order valence-electron chi connectivity index (χ3n) is 2.47. The summed E-state index contributed by atoms with van der Waals surface area (Å²) in [7, 11) is 0. The average Bonchev–Trinajstić information content (AvgIpc) is 2.43. The van der Waals surface area contributed by atoms with Gasteiger partial charge in [0.1, 0.15) is 5.75 Å². The smallest absolute Gasteiger partial charge is 0.272 e. The Bertz CT molecular complexity index is 674. The van der Waals surface area contributed by atoms with Crippen LogP contribution in [0.1, 0.15) is 15.9 Å². The molecule has 0 aliphatic heterocycles. The van der Waals surface area contributed by atoms with Crippen LogP contribution in [0.5, 0.6) is 5.75 Å². The largest absolute Gasteiger partial charge is 0.507 e. The predicted octanol–water partition coefficient (Wildman–Crippen LogP) is 3.41. The molecule has 0 unspecified atom stereocenters. The highest BCUT2D eigenvalue weighted by atomic mass is 127. The van der Waals surface area contributed by atoms with Crippen molar-refractivity contribution in [3.05, 3.63) is 62.2 Å². The van der Waals surface area contributed by atoms with Gasteiger partial charge >= 0.3 is 0 Å². The lowest BCUT2D eigenvalue weighted by molar-refractivity contribution is 0.0955. The zero-order chi connectivity index (χ0) is 14.5. The zero-order valence-corrected chi connectivity index (χ0v) is 13.1. The molecular formula is C14H10ClIN2O2. The number of nitrogens with one attached hydrogen (secondary N) is 1.